The standard InChI is InChI=1S/C17H22O4/c1-4-9-14(13-10-7-6-8-11-13)15(12-16(18)20-3)17(19)21-5-2/h6-8,10-11H,4-5,9,12H2,1-3H3/b15-14+. The lowest BCUT2D eigenvalue weighted by atomic mass is 9.94. The molecule has 0 radical (unpaired) electrons. The maximum atomic E-state index is 12.2. The topological polar surface area (TPSA) is 52.6 Å². The molecule has 0 fully saturated rings. The number of hydrogen-bond acceptors (Lipinski definition) is 4. The highest BCUT2D eigenvalue weighted by Gasteiger charge is 2.21. The Kier molecular flexibility index (Phi) is 7.23. The van der Waals surface area contributed by atoms with E-state index in [9.17, 15) is 9.59 Å². The molecular weight excluding hydrogens is 268 g/mol. The van der Waals surface area contributed by atoms with Crippen LogP contribution in [0.2, 0.25) is 0 Å². The van der Waals surface area contributed by atoms with E-state index in [-0.39, 0.29) is 13.0 Å². The molecule has 114 valence electrons. The van der Waals surface area contributed by atoms with Gasteiger partial charge in [-0.3, -0.25) is 4.79 Å². The lowest BCUT2D eigenvalue weighted by Gasteiger charge is -2.14. The van der Waals surface area contributed by atoms with Gasteiger partial charge in [0.1, 0.15) is 0 Å². The average molecular weight is 290 g/mol. The second-order valence-electron chi connectivity index (χ2n) is 4.55. The second-order valence-corrected chi connectivity index (χ2v) is 4.55. The quantitative estimate of drug-likeness (QED) is 0.570. The first-order valence-electron chi connectivity index (χ1n) is 7.15. The normalized spacial score (nSPS) is 11.6. The van der Waals surface area contributed by atoms with Gasteiger partial charge in [-0.15, -0.1) is 0 Å². The number of methoxy groups -OCH3 is 1. The van der Waals surface area contributed by atoms with Crippen LogP contribution in [0.25, 0.3) is 5.57 Å². The number of rotatable bonds is 7. The Labute approximate surface area is 125 Å². The van der Waals surface area contributed by atoms with Crippen molar-refractivity contribution in [1.29, 1.82) is 0 Å². The summed E-state index contributed by atoms with van der Waals surface area (Å²) in [7, 11) is 1.31. The molecule has 0 amide bonds. The maximum Gasteiger partial charge on any atom is 0.334 e. The molecule has 0 bridgehead atoms. The van der Waals surface area contributed by atoms with Crippen LogP contribution in [-0.2, 0) is 19.1 Å². The summed E-state index contributed by atoms with van der Waals surface area (Å²) in [5, 5.41) is 0. The van der Waals surface area contributed by atoms with E-state index in [0.29, 0.717) is 12.0 Å². The van der Waals surface area contributed by atoms with Crippen molar-refractivity contribution in [2.24, 2.45) is 0 Å². The fourth-order valence-electron chi connectivity index (χ4n) is 2.10. The number of benzene rings is 1. The Morgan fingerprint density at radius 2 is 1.76 bits per heavy atom. The highest BCUT2D eigenvalue weighted by atomic mass is 16.5. The molecule has 1 aromatic carbocycles. The number of carbonyl (C=O) groups excluding carboxylic acids is 2. The summed E-state index contributed by atoms with van der Waals surface area (Å²) in [4.78, 5) is 23.8. The minimum absolute atomic E-state index is 0.0699. The van der Waals surface area contributed by atoms with E-state index in [1.54, 1.807) is 6.92 Å². The summed E-state index contributed by atoms with van der Waals surface area (Å²) >= 11 is 0. The Hall–Kier alpha value is -2.10. The molecular formula is C17H22O4. The first-order chi connectivity index (χ1) is 10.1. The van der Waals surface area contributed by atoms with Crippen molar-refractivity contribution >= 4 is 17.5 Å². The number of ether oxygens (including phenoxy) is 2. The van der Waals surface area contributed by atoms with Gasteiger partial charge >= 0.3 is 11.9 Å². The lowest BCUT2D eigenvalue weighted by Crippen LogP contribution is -2.15. The summed E-state index contributed by atoms with van der Waals surface area (Å²) in [5.41, 5.74) is 2.17. The van der Waals surface area contributed by atoms with Crippen molar-refractivity contribution < 1.29 is 19.1 Å². The van der Waals surface area contributed by atoms with Gasteiger partial charge in [0.05, 0.1) is 25.7 Å². The molecule has 0 spiro atoms. The Morgan fingerprint density at radius 3 is 2.29 bits per heavy atom. The van der Waals surface area contributed by atoms with Gasteiger partial charge in [-0.1, -0.05) is 43.7 Å². The highest BCUT2D eigenvalue weighted by molar-refractivity contribution is 6.01. The lowest BCUT2D eigenvalue weighted by molar-refractivity contribution is -0.144. The van der Waals surface area contributed by atoms with E-state index in [1.807, 2.05) is 37.3 Å². The summed E-state index contributed by atoms with van der Waals surface area (Å²) < 4.78 is 9.79. The highest BCUT2D eigenvalue weighted by Crippen LogP contribution is 2.27. The number of carbonyl (C=O) groups is 2. The van der Waals surface area contributed by atoms with E-state index >= 15 is 0 Å². The van der Waals surface area contributed by atoms with Crippen LogP contribution in [0.4, 0.5) is 0 Å². The third-order valence-electron chi connectivity index (χ3n) is 3.06. The fourth-order valence-corrected chi connectivity index (χ4v) is 2.10. The molecule has 0 atom stereocenters. The van der Waals surface area contributed by atoms with E-state index in [2.05, 4.69) is 0 Å². The molecule has 0 N–H and O–H groups in total. The van der Waals surface area contributed by atoms with E-state index < -0.39 is 11.9 Å². The summed E-state index contributed by atoms with van der Waals surface area (Å²) in [6.45, 7) is 4.05. The molecule has 0 aliphatic rings. The van der Waals surface area contributed by atoms with Gasteiger partial charge in [0.25, 0.3) is 0 Å². The third kappa shape index (κ3) is 5.06. The van der Waals surface area contributed by atoms with Crippen molar-refractivity contribution in [3.05, 3.63) is 41.5 Å². The molecule has 4 nitrogen and oxygen atoms in total. The minimum Gasteiger partial charge on any atom is -0.469 e. The Balaban J connectivity index is 3.29. The molecule has 1 aromatic rings. The van der Waals surface area contributed by atoms with Crippen molar-refractivity contribution in [3.8, 4) is 0 Å². The molecule has 0 aliphatic carbocycles. The van der Waals surface area contributed by atoms with Gasteiger partial charge in [-0.25, -0.2) is 4.79 Å². The predicted octanol–water partition coefficient (Wildman–Crippen LogP) is 3.37. The van der Waals surface area contributed by atoms with Crippen molar-refractivity contribution in [2.45, 2.75) is 33.1 Å². The fraction of sp³-hybridized carbons (Fsp3) is 0.412. The maximum absolute atomic E-state index is 12.2. The SMILES string of the molecule is CCC/C(=C(/CC(=O)OC)C(=O)OCC)c1ccccc1. The molecule has 21 heavy (non-hydrogen) atoms. The van der Waals surface area contributed by atoms with Crippen LogP contribution in [0, 0.1) is 0 Å². The van der Waals surface area contributed by atoms with Crippen molar-refractivity contribution in [1.82, 2.24) is 0 Å². The molecule has 0 aliphatic heterocycles. The molecule has 0 saturated heterocycles. The monoisotopic (exact) mass is 290 g/mol. The second kappa shape index (κ2) is 8.95. The minimum atomic E-state index is -0.449. The van der Waals surface area contributed by atoms with Gasteiger partial charge < -0.3 is 9.47 Å². The largest absolute Gasteiger partial charge is 0.469 e. The van der Waals surface area contributed by atoms with Crippen LogP contribution in [-0.4, -0.2) is 25.7 Å². The van der Waals surface area contributed by atoms with Crippen LogP contribution < -0.4 is 0 Å². The van der Waals surface area contributed by atoms with Gasteiger partial charge in [0, 0.05) is 0 Å². The summed E-state index contributed by atoms with van der Waals surface area (Å²) in [6, 6.07) is 9.60. The van der Waals surface area contributed by atoms with Gasteiger partial charge in [-0.05, 0) is 24.5 Å². The number of hydrogen-bond donors (Lipinski definition) is 0. The van der Waals surface area contributed by atoms with Crippen molar-refractivity contribution in [3.63, 3.8) is 0 Å². The van der Waals surface area contributed by atoms with Gasteiger partial charge in [-0.2, -0.15) is 0 Å². The van der Waals surface area contributed by atoms with Crippen LogP contribution >= 0.6 is 0 Å². The van der Waals surface area contributed by atoms with Gasteiger partial charge in [0.2, 0.25) is 0 Å². The molecule has 1 rings (SSSR count). The van der Waals surface area contributed by atoms with Crippen LogP contribution in [0.5, 0.6) is 0 Å². The van der Waals surface area contributed by atoms with Crippen LogP contribution in [0.15, 0.2) is 35.9 Å². The van der Waals surface area contributed by atoms with Crippen LogP contribution in [0.1, 0.15) is 38.7 Å². The average Bonchev–Trinajstić information content (AvgIpc) is 2.51. The van der Waals surface area contributed by atoms with E-state index in [1.165, 1.54) is 7.11 Å². The first-order valence-corrected chi connectivity index (χ1v) is 7.15. The molecule has 0 saturated carbocycles. The molecule has 0 aromatic heterocycles. The van der Waals surface area contributed by atoms with Gasteiger partial charge in [0.15, 0.2) is 0 Å². The smallest absolute Gasteiger partial charge is 0.334 e. The first kappa shape index (κ1) is 17.0. The van der Waals surface area contributed by atoms with E-state index in [4.69, 9.17) is 9.47 Å². The Bertz CT molecular complexity index is 503. The zero-order valence-electron chi connectivity index (χ0n) is 12.8. The summed E-state index contributed by atoms with van der Waals surface area (Å²) in [6.07, 6.45) is 1.50. The number of esters is 2. The van der Waals surface area contributed by atoms with Crippen molar-refractivity contribution in [2.75, 3.05) is 13.7 Å². The Morgan fingerprint density at radius 1 is 1.10 bits per heavy atom. The third-order valence-corrected chi connectivity index (χ3v) is 3.06. The number of allylic oxidation sites excluding steroid dienone is 1. The molecule has 0 heterocycles. The predicted molar refractivity (Wildman–Crippen MR) is 81.5 cm³/mol. The molecule has 4 heteroatoms. The summed E-state index contributed by atoms with van der Waals surface area (Å²) in [5.74, 6) is -0.891. The molecule has 0 unspecified atom stereocenters. The zero-order chi connectivity index (χ0) is 15.7. The van der Waals surface area contributed by atoms with E-state index in [0.717, 1.165) is 17.6 Å². The van der Waals surface area contributed by atoms with Crippen LogP contribution in [0.3, 0.4) is 0 Å². The zero-order valence-corrected chi connectivity index (χ0v) is 12.8.